The van der Waals surface area contributed by atoms with Crippen molar-refractivity contribution >= 4 is 32.6 Å². The van der Waals surface area contributed by atoms with Gasteiger partial charge in [0.1, 0.15) is 5.52 Å². The van der Waals surface area contributed by atoms with E-state index in [0.29, 0.717) is 0 Å². The monoisotopic (exact) mass is 257 g/mol. The van der Waals surface area contributed by atoms with Crippen molar-refractivity contribution in [2.75, 3.05) is 0 Å². The summed E-state index contributed by atoms with van der Waals surface area (Å²) in [6.07, 6.45) is 4.01. The summed E-state index contributed by atoms with van der Waals surface area (Å²) in [6.45, 7) is 3.17. The summed E-state index contributed by atoms with van der Waals surface area (Å²) in [4.78, 5) is 4.66. The number of hydrogen-bond acceptors (Lipinski definition) is 1. The standard InChI is InChI=1S/C18H13N2/c1-11-6-7-13-12-4-2-3-5-14(12)17-18-16(13)15(11)10-20(18)9-8-19-17/h2-9H,10H2,1H3/q+1. The highest BCUT2D eigenvalue weighted by molar-refractivity contribution is 6.23. The van der Waals surface area contributed by atoms with E-state index in [9.17, 15) is 0 Å². The average Bonchev–Trinajstić information content (AvgIpc) is 2.89. The third kappa shape index (κ3) is 1.06. The van der Waals surface area contributed by atoms with Gasteiger partial charge in [0.05, 0.1) is 11.6 Å². The molecule has 1 aliphatic rings. The zero-order chi connectivity index (χ0) is 13.3. The minimum Gasteiger partial charge on any atom is -0.243 e. The molecule has 3 aromatic carbocycles. The van der Waals surface area contributed by atoms with Crippen LogP contribution in [0.2, 0.25) is 0 Å². The van der Waals surface area contributed by atoms with E-state index in [-0.39, 0.29) is 0 Å². The lowest BCUT2D eigenvalue weighted by Crippen LogP contribution is -2.31. The summed E-state index contributed by atoms with van der Waals surface area (Å²) in [5, 5.41) is 5.31. The van der Waals surface area contributed by atoms with E-state index in [4.69, 9.17) is 0 Å². The lowest BCUT2D eigenvalue weighted by atomic mass is 9.95. The van der Waals surface area contributed by atoms with E-state index in [1.807, 2.05) is 6.20 Å². The maximum Gasteiger partial charge on any atom is 0.240 e. The van der Waals surface area contributed by atoms with Gasteiger partial charge in [-0.25, -0.2) is 4.98 Å². The van der Waals surface area contributed by atoms with E-state index in [1.54, 1.807) is 0 Å². The van der Waals surface area contributed by atoms with Crippen molar-refractivity contribution in [1.82, 2.24) is 4.98 Å². The van der Waals surface area contributed by atoms with Gasteiger partial charge in [0, 0.05) is 10.9 Å². The van der Waals surface area contributed by atoms with E-state index in [2.05, 4.69) is 59.1 Å². The Morgan fingerprint density at radius 1 is 1.00 bits per heavy atom. The highest BCUT2D eigenvalue weighted by atomic mass is 15.0. The molecule has 0 aliphatic carbocycles. The molecule has 94 valence electrons. The molecule has 0 bridgehead atoms. The van der Waals surface area contributed by atoms with E-state index in [0.717, 1.165) is 12.1 Å². The van der Waals surface area contributed by atoms with E-state index >= 15 is 0 Å². The van der Waals surface area contributed by atoms with Gasteiger partial charge in [-0.3, -0.25) is 0 Å². The summed E-state index contributed by atoms with van der Waals surface area (Å²) in [7, 11) is 0. The number of fused-ring (bicyclic) bond motifs is 3. The van der Waals surface area contributed by atoms with Crippen LogP contribution in [0.3, 0.4) is 0 Å². The normalized spacial score (nSPS) is 13.1. The van der Waals surface area contributed by atoms with Crippen molar-refractivity contribution in [3.05, 3.63) is 59.9 Å². The number of hydrogen-bond donors (Lipinski definition) is 0. The molecule has 0 unspecified atom stereocenters. The zero-order valence-corrected chi connectivity index (χ0v) is 11.2. The Labute approximate surface area is 116 Å². The number of nitrogens with zero attached hydrogens (tertiary/aromatic N) is 2. The van der Waals surface area contributed by atoms with Gasteiger partial charge >= 0.3 is 0 Å². The Morgan fingerprint density at radius 3 is 2.75 bits per heavy atom. The minimum absolute atomic E-state index is 0.966. The molecule has 0 amide bonds. The fourth-order valence-corrected chi connectivity index (χ4v) is 3.60. The Kier molecular flexibility index (Phi) is 1.72. The van der Waals surface area contributed by atoms with Crippen molar-refractivity contribution < 1.29 is 4.57 Å². The molecule has 2 heteroatoms. The summed E-state index contributed by atoms with van der Waals surface area (Å²) < 4.78 is 2.33. The quantitative estimate of drug-likeness (QED) is 0.306. The molecule has 2 heterocycles. The highest BCUT2D eigenvalue weighted by Crippen LogP contribution is 2.37. The molecule has 0 fully saturated rings. The minimum atomic E-state index is 0.966. The predicted molar refractivity (Wildman–Crippen MR) is 80.8 cm³/mol. The third-order valence-corrected chi connectivity index (χ3v) is 4.55. The molecule has 1 aliphatic heterocycles. The predicted octanol–water partition coefficient (Wildman–Crippen LogP) is 3.50. The van der Waals surface area contributed by atoms with Crippen LogP contribution in [0.25, 0.3) is 32.6 Å². The van der Waals surface area contributed by atoms with E-state index in [1.165, 1.54) is 38.2 Å². The molecule has 0 saturated carbocycles. The molecule has 0 atom stereocenters. The summed E-state index contributed by atoms with van der Waals surface area (Å²) >= 11 is 0. The van der Waals surface area contributed by atoms with Crippen LogP contribution in [0, 0.1) is 6.92 Å². The molecule has 0 saturated heterocycles. The number of benzene rings is 3. The molecule has 0 radical (unpaired) electrons. The largest absolute Gasteiger partial charge is 0.243 e. The third-order valence-electron chi connectivity index (χ3n) is 4.55. The summed E-state index contributed by atoms with van der Waals surface area (Å²) in [5.41, 5.74) is 5.24. The average molecular weight is 257 g/mol. The SMILES string of the molecule is Cc1ccc2c3ccccc3c3ncc[n+]4c3c2c1C4. The highest BCUT2D eigenvalue weighted by Gasteiger charge is 2.27. The first kappa shape index (κ1) is 10.3. The Morgan fingerprint density at radius 2 is 1.85 bits per heavy atom. The van der Waals surface area contributed by atoms with Crippen LogP contribution in [0.15, 0.2) is 48.8 Å². The second kappa shape index (κ2) is 3.34. The molecular weight excluding hydrogens is 244 g/mol. The lowest BCUT2D eigenvalue weighted by Gasteiger charge is -2.05. The second-order valence-electron chi connectivity index (χ2n) is 5.58. The van der Waals surface area contributed by atoms with Crippen LogP contribution in [0.5, 0.6) is 0 Å². The van der Waals surface area contributed by atoms with Gasteiger partial charge in [0.2, 0.25) is 5.52 Å². The molecule has 0 N–H and O–H groups in total. The number of aryl methyl sites for hydroxylation is 1. The fraction of sp³-hybridized carbons (Fsp3) is 0.111. The second-order valence-corrected chi connectivity index (χ2v) is 5.58. The summed E-state index contributed by atoms with van der Waals surface area (Å²) in [5.74, 6) is 0. The molecule has 5 rings (SSSR count). The topological polar surface area (TPSA) is 16.8 Å². The molecule has 20 heavy (non-hydrogen) atoms. The van der Waals surface area contributed by atoms with Crippen molar-refractivity contribution in [1.29, 1.82) is 0 Å². The smallest absolute Gasteiger partial charge is 0.240 e. The maximum absolute atomic E-state index is 4.66. The maximum atomic E-state index is 4.66. The molecule has 4 aromatic rings. The molecule has 0 spiro atoms. The van der Waals surface area contributed by atoms with E-state index < -0.39 is 0 Å². The molecule has 1 aromatic heterocycles. The van der Waals surface area contributed by atoms with Crippen LogP contribution < -0.4 is 4.57 Å². The number of aromatic nitrogens is 2. The Balaban J connectivity index is 2.26. The first-order chi connectivity index (χ1) is 9.84. The van der Waals surface area contributed by atoms with Crippen molar-refractivity contribution in [2.45, 2.75) is 13.5 Å². The van der Waals surface area contributed by atoms with Crippen LogP contribution in [-0.2, 0) is 6.54 Å². The van der Waals surface area contributed by atoms with Gasteiger partial charge in [-0.05, 0) is 23.3 Å². The Hall–Kier alpha value is -2.48. The van der Waals surface area contributed by atoms with Gasteiger partial charge in [-0.2, -0.15) is 4.57 Å². The van der Waals surface area contributed by atoms with Crippen LogP contribution in [0.4, 0.5) is 0 Å². The first-order valence-corrected chi connectivity index (χ1v) is 6.95. The first-order valence-electron chi connectivity index (χ1n) is 6.95. The zero-order valence-electron chi connectivity index (χ0n) is 11.2. The van der Waals surface area contributed by atoms with Crippen molar-refractivity contribution in [3.8, 4) is 0 Å². The molecular formula is C18H13N2+. The van der Waals surface area contributed by atoms with Gasteiger partial charge in [0.15, 0.2) is 12.7 Å². The van der Waals surface area contributed by atoms with Crippen LogP contribution in [-0.4, -0.2) is 4.98 Å². The lowest BCUT2D eigenvalue weighted by molar-refractivity contribution is -0.658. The Bertz CT molecular complexity index is 1030. The number of rotatable bonds is 0. The fourth-order valence-electron chi connectivity index (χ4n) is 3.60. The van der Waals surface area contributed by atoms with Crippen molar-refractivity contribution in [3.63, 3.8) is 0 Å². The van der Waals surface area contributed by atoms with Gasteiger partial charge in [-0.15, -0.1) is 0 Å². The van der Waals surface area contributed by atoms with Gasteiger partial charge in [-0.1, -0.05) is 36.4 Å². The summed E-state index contributed by atoms with van der Waals surface area (Å²) in [6, 6.07) is 13.1. The molecule has 2 nitrogen and oxygen atoms in total. The van der Waals surface area contributed by atoms with Crippen LogP contribution >= 0.6 is 0 Å². The van der Waals surface area contributed by atoms with Crippen molar-refractivity contribution in [2.24, 2.45) is 0 Å². The van der Waals surface area contributed by atoms with Gasteiger partial charge < -0.3 is 0 Å². The van der Waals surface area contributed by atoms with Gasteiger partial charge in [0.25, 0.3) is 0 Å². The van der Waals surface area contributed by atoms with Crippen LogP contribution in [0.1, 0.15) is 11.1 Å².